The summed E-state index contributed by atoms with van der Waals surface area (Å²) in [6.45, 7) is 3.43. The van der Waals surface area contributed by atoms with Crippen LogP contribution in [0.4, 0.5) is 11.6 Å². The molecule has 1 aromatic carbocycles. The minimum atomic E-state index is -3.83. The Bertz CT molecular complexity index is 1090. The minimum Gasteiger partial charge on any atom is -0.337 e. The molecule has 142 valence electrons. The van der Waals surface area contributed by atoms with Gasteiger partial charge in [0, 0.05) is 15.7 Å². The Morgan fingerprint density at radius 1 is 1.19 bits per heavy atom. The molecule has 27 heavy (non-hydrogen) atoms. The number of thiophene rings is 1. The molecule has 0 atom stereocenters. The van der Waals surface area contributed by atoms with E-state index in [1.807, 2.05) is 0 Å². The number of aryl methyl sites for hydroxylation is 1. The topological polar surface area (TPSA) is 101 Å². The Balaban J connectivity index is 1.74. The molecule has 1 amide bonds. The first-order valence-corrected chi connectivity index (χ1v) is 11.4. The first-order chi connectivity index (χ1) is 12.7. The molecular formula is C16H13Br2N3O4S2. The fraction of sp³-hybridized carbons (Fsp3) is 0.125. The molecule has 0 saturated heterocycles. The van der Waals surface area contributed by atoms with Crippen LogP contribution in [0, 0.1) is 13.8 Å². The van der Waals surface area contributed by atoms with Crippen molar-refractivity contribution in [1.82, 2.24) is 5.16 Å². The zero-order valence-electron chi connectivity index (χ0n) is 14.0. The van der Waals surface area contributed by atoms with Crippen molar-refractivity contribution in [2.24, 2.45) is 0 Å². The van der Waals surface area contributed by atoms with Gasteiger partial charge in [-0.05, 0) is 76.0 Å². The van der Waals surface area contributed by atoms with Crippen molar-refractivity contribution in [3.63, 3.8) is 0 Å². The third kappa shape index (κ3) is 4.42. The van der Waals surface area contributed by atoms with E-state index in [9.17, 15) is 13.2 Å². The van der Waals surface area contributed by atoms with Crippen LogP contribution < -0.4 is 10.0 Å². The monoisotopic (exact) mass is 533 g/mol. The lowest BCUT2D eigenvalue weighted by Gasteiger charge is -2.08. The highest BCUT2D eigenvalue weighted by atomic mass is 79.9. The summed E-state index contributed by atoms with van der Waals surface area (Å²) in [7, 11) is -3.83. The second kappa shape index (κ2) is 7.74. The molecule has 0 saturated carbocycles. The number of benzene rings is 1. The number of amides is 1. The molecule has 3 aromatic rings. The lowest BCUT2D eigenvalue weighted by molar-refractivity contribution is 0.103. The van der Waals surface area contributed by atoms with Gasteiger partial charge >= 0.3 is 0 Å². The van der Waals surface area contributed by atoms with Gasteiger partial charge in [0.2, 0.25) is 5.88 Å². The van der Waals surface area contributed by atoms with Crippen LogP contribution >= 0.6 is 43.2 Å². The summed E-state index contributed by atoms with van der Waals surface area (Å²) in [6.07, 6.45) is 0. The fourth-order valence-electron chi connectivity index (χ4n) is 2.06. The molecule has 11 heteroatoms. The molecule has 0 aliphatic heterocycles. The van der Waals surface area contributed by atoms with Gasteiger partial charge in [-0.25, -0.2) is 13.1 Å². The number of nitrogens with zero attached hydrogens (tertiary/aromatic N) is 1. The van der Waals surface area contributed by atoms with Crippen molar-refractivity contribution < 1.29 is 17.7 Å². The molecule has 0 spiro atoms. The molecular weight excluding hydrogens is 522 g/mol. The van der Waals surface area contributed by atoms with E-state index in [4.69, 9.17) is 4.52 Å². The number of halogens is 2. The van der Waals surface area contributed by atoms with Crippen LogP contribution in [0.1, 0.15) is 20.9 Å². The lowest BCUT2D eigenvalue weighted by Crippen LogP contribution is -2.14. The van der Waals surface area contributed by atoms with Crippen LogP contribution in [0.5, 0.6) is 0 Å². The molecule has 7 nitrogen and oxygen atoms in total. The molecule has 3 rings (SSSR count). The van der Waals surface area contributed by atoms with Crippen molar-refractivity contribution in [3.8, 4) is 0 Å². The van der Waals surface area contributed by atoms with E-state index in [1.165, 1.54) is 35.6 Å². The van der Waals surface area contributed by atoms with E-state index in [2.05, 4.69) is 47.1 Å². The fourth-order valence-corrected chi connectivity index (χ4v) is 5.04. The number of nitrogens with one attached hydrogen (secondary N) is 2. The summed E-state index contributed by atoms with van der Waals surface area (Å²) in [5.74, 6) is -0.202. The quantitative estimate of drug-likeness (QED) is 0.483. The van der Waals surface area contributed by atoms with Crippen LogP contribution in [0.2, 0.25) is 0 Å². The van der Waals surface area contributed by atoms with Crippen LogP contribution in [0.3, 0.4) is 0 Å². The molecule has 0 aliphatic carbocycles. The minimum absolute atomic E-state index is 0.0376. The van der Waals surface area contributed by atoms with Gasteiger partial charge in [0.05, 0.1) is 19.3 Å². The van der Waals surface area contributed by atoms with Gasteiger partial charge in [0.15, 0.2) is 0 Å². The predicted octanol–water partition coefficient (Wildman–Crippen LogP) is 4.93. The number of sulfonamides is 1. The average molecular weight is 535 g/mol. The number of aromatic nitrogens is 1. The second-order valence-corrected chi connectivity index (χ2v) is 10.4. The number of carbonyl (C=O) groups excluding carboxylic acids is 1. The largest absolute Gasteiger partial charge is 0.337 e. The molecule has 0 fully saturated rings. The smallest absolute Gasteiger partial charge is 0.265 e. The number of rotatable bonds is 5. The maximum atomic E-state index is 12.5. The molecule has 0 bridgehead atoms. The summed E-state index contributed by atoms with van der Waals surface area (Å²) < 4.78 is 33.9. The Labute approximate surface area is 176 Å². The number of hydrogen-bond donors (Lipinski definition) is 2. The summed E-state index contributed by atoms with van der Waals surface area (Å²) >= 11 is 7.96. The van der Waals surface area contributed by atoms with Crippen molar-refractivity contribution in [2.75, 3.05) is 10.0 Å². The number of anilines is 2. The molecule has 2 N–H and O–H groups in total. The molecule has 0 radical (unpaired) electrons. The Hall–Kier alpha value is -1.69. The van der Waals surface area contributed by atoms with Crippen LogP contribution in [0.15, 0.2) is 48.0 Å². The van der Waals surface area contributed by atoms with Gasteiger partial charge in [-0.15, -0.1) is 11.3 Å². The molecule has 0 aliphatic rings. The Morgan fingerprint density at radius 2 is 1.85 bits per heavy atom. The zero-order valence-corrected chi connectivity index (χ0v) is 18.8. The van der Waals surface area contributed by atoms with E-state index in [1.54, 1.807) is 19.9 Å². The van der Waals surface area contributed by atoms with Crippen LogP contribution in [-0.4, -0.2) is 19.5 Å². The highest BCUT2D eigenvalue weighted by Crippen LogP contribution is 2.32. The highest BCUT2D eigenvalue weighted by Gasteiger charge is 2.19. The van der Waals surface area contributed by atoms with Gasteiger partial charge < -0.3 is 9.84 Å². The predicted molar refractivity (Wildman–Crippen MR) is 111 cm³/mol. The average Bonchev–Trinajstić information content (AvgIpc) is 3.11. The SMILES string of the molecule is Cc1noc(NS(=O)(=O)c2ccc(NC(=O)c3cc(Br)c(Br)s3)cc2)c1C. The zero-order chi connectivity index (χ0) is 19.8. The number of carbonyl (C=O) groups is 1. The summed E-state index contributed by atoms with van der Waals surface area (Å²) in [4.78, 5) is 12.8. The van der Waals surface area contributed by atoms with Crippen molar-refractivity contribution in [2.45, 2.75) is 18.7 Å². The Morgan fingerprint density at radius 3 is 2.37 bits per heavy atom. The van der Waals surface area contributed by atoms with Crippen molar-refractivity contribution in [3.05, 3.63) is 54.7 Å². The summed E-state index contributed by atoms with van der Waals surface area (Å²) in [5.41, 5.74) is 1.71. The lowest BCUT2D eigenvalue weighted by atomic mass is 10.3. The van der Waals surface area contributed by atoms with E-state index in [0.29, 0.717) is 21.8 Å². The normalized spacial score (nSPS) is 11.4. The van der Waals surface area contributed by atoms with E-state index in [-0.39, 0.29) is 16.7 Å². The third-order valence-electron chi connectivity index (χ3n) is 3.68. The first-order valence-electron chi connectivity index (χ1n) is 7.49. The van der Waals surface area contributed by atoms with E-state index in [0.717, 1.165) is 8.26 Å². The second-order valence-electron chi connectivity index (χ2n) is 5.54. The standard InChI is InChI=1S/C16H13Br2N3O4S2/c1-8-9(2)20-25-16(8)21-27(23,24)11-5-3-10(4-6-11)19-15(22)13-7-12(17)14(18)26-13/h3-7,21H,1-2H3,(H,19,22). The van der Waals surface area contributed by atoms with Crippen LogP contribution in [-0.2, 0) is 10.0 Å². The number of hydrogen-bond acceptors (Lipinski definition) is 6. The van der Waals surface area contributed by atoms with Gasteiger partial charge in [-0.2, -0.15) is 0 Å². The molecule has 0 unspecified atom stereocenters. The maximum Gasteiger partial charge on any atom is 0.265 e. The van der Waals surface area contributed by atoms with E-state index < -0.39 is 10.0 Å². The van der Waals surface area contributed by atoms with Gasteiger partial charge in [0.25, 0.3) is 15.9 Å². The van der Waals surface area contributed by atoms with E-state index >= 15 is 0 Å². The van der Waals surface area contributed by atoms with Gasteiger partial charge in [-0.1, -0.05) is 5.16 Å². The van der Waals surface area contributed by atoms with Crippen molar-refractivity contribution >= 4 is 70.7 Å². The Kier molecular flexibility index (Phi) is 5.75. The van der Waals surface area contributed by atoms with Gasteiger partial charge in [-0.3, -0.25) is 4.79 Å². The van der Waals surface area contributed by atoms with Crippen LogP contribution in [0.25, 0.3) is 0 Å². The maximum absolute atomic E-state index is 12.5. The highest BCUT2D eigenvalue weighted by molar-refractivity contribution is 9.13. The third-order valence-corrected chi connectivity index (χ3v) is 8.28. The first kappa shape index (κ1) is 20.1. The summed E-state index contributed by atoms with van der Waals surface area (Å²) in [6, 6.07) is 7.54. The summed E-state index contributed by atoms with van der Waals surface area (Å²) in [5, 5.41) is 6.45. The molecule has 2 heterocycles. The molecule has 2 aromatic heterocycles. The van der Waals surface area contributed by atoms with Gasteiger partial charge in [0.1, 0.15) is 0 Å². The van der Waals surface area contributed by atoms with Crippen molar-refractivity contribution in [1.29, 1.82) is 0 Å².